The van der Waals surface area contributed by atoms with Gasteiger partial charge in [-0.15, -0.1) is 0 Å². The number of aliphatic hydroxyl groups is 1. The molecule has 3 fully saturated rings. The summed E-state index contributed by atoms with van der Waals surface area (Å²) >= 11 is 0. The standard InChI is InChI=1S/C29H32N2O4/c1-30(2)21-8-5-17(6-9-21)13-20-15-29(34)23-14-19-7-10-22(32)26-24(19)28(29,27(35-26)25(20)33)11-12-31(23)16-18-3-4-18/h5-10,13,18,23,27,32,34H,3-4,11-12,14-16H2,1-2H3/b20-13+/t23-,27+,28+,29-/m1/s1. The highest BCUT2D eigenvalue weighted by Gasteiger charge is 2.74. The lowest BCUT2D eigenvalue weighted by atomic mass is 9.48. The fraction of sp³-hybridized carbons (Fsp3) is 0.483. The SMILES string of the molecule is CN(C)c1ccc(/C=C2\C[C@@]3(O)[C@H]4Cc5ccc(O)c6c5[C@@]3(CCN4CC3CC3)[C@@H](O6)C2=O)cc1. The molecule has 2 bridgehead atoms. The molecule has 0 aromatic heterocycles. The Balaban J connectivity index is 1.36. The lowest BCUT2D eigenvalue weighted by molar-refractivity contribution is -0.179. The highest BCUT2D eigenvalue weighted by molar-refractivity contribution is 6.06. The number of phenols is 1. The lowest BCUT2D eigenvalue weighted by Crippen LogP contribution is -2.77. The molecule has 0 radical (unpaired) electrons. The van der Waals surface area contributed by atoms with Crippen LogP contribution in [0.15, 0.2) is 42.0 Å². The van der Waals surface area contributed by atoms with Crippen molar-refractivity contribution in [2.24, 2.45) is 5.92 Å². The van der Waals surface area contributed by atoms with E-state index in [2.05, 4.69) is 4.90 Å². The van der Waals surface area contributed by atoms with Crippen molar-refractivity contribution in [1.82, 2.24) is 4.90 Å². The highest BCUT2D eigenvalue weighted by atomic mass is 16.5. The highest BCUT2D eigenvalue weighted by Crippen LogP contribution is 2.65. The number of carbonyl (C=O) groups excluding carboxylic acids is 1. The molecular formula is C29H32N2O4. The second-order valence-corrected chi connectivity index (χ2v) is 11.4. The van der Waals surface area contributed by atoms with Gasteiger partial charge in [-0.2, -0.15) is 0 Å². The zero-order valence-electron chi connectivity index (χ0n) is 20.3. The largest absolute Gasteiger partial charge is 0.504 e. The summed E-state index contributed by atoms with van der Waals surface area (Å²) in [6, 6.07) is 11.7. The summed E-state index contributed by atoms with van der Waals surface area (Å²) in [4.78, 5) is 18.5. The van der Waals surface area contributed by atoms with Crippen LogP contribution in [0.25, 0.3) is 6.08 Å². The summed E-state index contributed by atoms with van der Waals surface area (Å²) in [5.41, 5.74) is 2.70. The van der Waals surface area contributed by atoms with Crippen molar-refractivity contribution in [3.63, 3.8) is 0 Å². The van der Waals surface area contributed by atoms with Crippen molar-refractivity contribution in [3.8, 4) is 11.5 Å². The van der Waals surface area contributed by atoms with Crippen LogP contribution in [0.5, 0.6) is 11.5 Å². The van der Waals surface area contributed by atoms with Crippen molar-refractivity contribution in [2.75, 3.05) is 32.1 Å². The zero-order chi connectivity index (χ0) is 24.1. The molecule has 3 aliphatic carbocycles. The Morgan fingerprint density at radius 1 is 1.17 bits per heavy atom. The van der Waals surface area contributed by atoms with Gasteiger partial charge >= 0.3 is 0 Å². The van der Waals surface area contributed by atoms with Crippen LogP contribution in [0, 0.1) is 5.92 Å². The van der Waals surface area contributed by atoms with E-state index in [4.69, 9.17) is 4.74 Å². The molecule has 2 N–H and O–H groups in total. The first-order valence-corrected chi connectivity index (χ1v) is 12.8. The molecule has 0 unspecified atom stereocenters. The maximum absolute atomic E-state index is 13.9. The molecule has 6 heteroatoms. The lowest BCUT2D eigenvalue weighted by Gasteiger charge is -2.62. The number of benzene rings is 2. The molecule has 35 heavy (non-hydrogen) atoms. The van der Waals surface area contributed by atoms with E-state index in [9.17, 15) is 15.0 Å². The Hall–Kier alpha value is -2.83. The Kier molecular flexibility index (Phi) is 4.36. The predicted molar refractivity (Wildman–Crippen MR) is 134 cm³/mol. The number of rotatable bonds is 4. The maximum Gasteiger partial charge on any atom is 0.200 e. The van der Waals surface area contributed by atoms with Crippen LogP contribution in [0.1, 0.15) is 42.4 Å². The van der Waals surface area contributed by atoms with Crippen molar-refractivity contribution < 1.29 is 19.7 Å². The van der Waals surface area contributed by atoms with Crippen molar-refractivity contribution in [2.45, 2.75) is 55.3 Å². The minimum atomic E-state index is -1.12. The number of ether oxygens (including phenoxy) is 1. The van der Waals surface area contributed by atoms with Gasteiger partial charge in [0.1, 0.15) is 0 Å². The molecule has 2 aromatic carbocycles. The van der Waals surface area contributed by atoms with E-state index >= 15 is 0 Å². The fourth-order valence-corrected chi connectivity index (χ4v) is 7.38. The van der Waals surface area contributed by atoms with E-state index in [1.165, 1.54) is 12.8 Å². The second kappa shape index (κ2) is 7.11. The molecule has 2 saturated carbocycles. The Morgan fingerprint density at radius 2 is 1.94 bits per heavy atom. The van der Waals surface area contributed by atoms with E-state index in [1.807, 2.05) is 55.4 Å². The number of aromatic hydroxyl groups is 1. The third kappa shape index (κ3) is 2.81. The van der Waals surface area contributed by atoms with Gasteiger partial charge in [0.05, 0.1) is 11.0 Å². The number of carbonyl (C=O) groups is 1. The van der Waals surface area contributed by atoms with E-state index < -0.39 is 17.1 Å². The molecule has 5 aliphatic rings. The topological polar surface area (TPSA) is 73.2 Å². The molecule has 2 aliphatic heterocycles. The third-order valence-electron chi connectivity index (χ3n) is 9.28. The number of phenolic OH excluding ortho intramolecular Hbond substituents is 1. The smallest absolute Gasteiger partial charge is 0.200 e. The van der Waals surface area contributed by atoms with E-state index in [0.717, 1.165) is 41.4 Å². The van der Waals surface area contributed by atoms with Gasteiger partial charge in [0.25, 0.3) is 0 Å². The first-order chi connectivity index (χ1) is 16.8. The quantitative estimate of drug-likeness (QED) is 0.666. The molecule has 7 rings (SSSR count). The third-order valence-corrected chi connectivity index (χ3v) is 9.28. The number of nitrogens with zero attached hydrogens (tertiary/aromatic N) is 2. The van der Waals surface area contributed by atoms with Gasteiger partial charge in [-0.3, -0.25) is 9.69 Å². The van der Waals surface area contributed by atoms with Crippen LogP contribution < -0.4 is 9.64 Å². The van der Waals surface area contributed by atoms with Gasteiger partial charge in [0, 0.05) is 49.9 Å². The van der Waals surface area contributed by atoms with Crippen molar-refractivity contribution in [1.29, 1.82) is 0 Å². The molecule has 1 saturated heterocycles. The summed E-state index contributed by atoms with van der Waals surface area (Å²) in [7, 11) is 4.00. The van der Waals surface area contributed by atoms with Gasteiger partial charge in [-0.1, -0.05) is 18.2 Å². The van der Waals surface area contributed by atoms with Crippen molar-refractivity contribution >= 4 is 17.5 Å². The fourth-order valence-electron chi connectivity index (χ4n) is 7.38. The molecule has 2 aromatic rings. The van der Waals surface area contributed by atoms with Gasteiger partial charge in [-0.25, -0.2) is 0 Å². The average molecular weight is 473 g/mol. The summed E-state index contributed by atoms with van der Waals surface area (Å²) in [5.74, 6) is 1.12. The van der Waals surface area contributed by atoms with Gasteiger partial charge in [-0.05, 0) is 73.5 Å². The van der Waals surface area contributed by atoms with Gasteiger partial charge < -0.3 is 19.8 Å². The number of likely N-dealkylation sites (tertiary alicyclic amines) is 1. The van der Waals surface area contributed by atoms with Crippen LogP contribution in [-0.2, 0) is 16.6 Å². The maximum atomic E-state index is 13.9. The average Bonchev–Trinajstić information content (AvgIpc) is 3.57. The predicted octanol–water partition coefficient (Wildman–Crippen LogP) is 3.28. The Bertz CT molecular complexity index is 1260. The van der Waals surface area contributed by atoms with E-state index in [0.29, 0.717) is 30.6 Å². The molecule has 2 heterocycles. The summed E-state index contributed by atoms with van der Waals surface area (Å²) in [6.07, 6.45) is 5.33. The Labute approximate surface area is 205 Å². The molecule has 4 atom stereocenters. The van der Waals surface area contributed by atoms with Crippen LogP contribution in [-0.4, -0.2) is 65.8 Å². The monoisotopic (exact) mass is 472 g/mol. The van der Waals surface area contributed by atoms with Crippen molar-refractivity contribution in [3.05, 3.63) is 58.7 Å². The molecule has 1 spiro atoms. The normalized spacial score (nSPS) is 34.0. The first kappa shape index (κ1) is 21.5. The van der Waals surface area contributed by atoms with Crippen LogP contribution in [0.4, 0.5) is 5.69 Å². The van der Waals surface area contributed by atoms with Gasteiger partial charge in [0.15, 0.2) is 23.4 Å². The summed E-state index contributed by atoms with van der Waals surface area (Å²) in [6.45, 7) is 1.85. The number of hydrogen-bond donors (Lipinski definition) is 2. The van der Waals surface area contributed by atoms with Crippen LogP contribution in [0.3, 0.4) is 0 Å². The molecular weight excluding hydrogens is 440 g/mol. The van der Waals surface area contributed by atoms with Crippen LogP contribution >= 0.6 is 0 Å². The first-order valence-electron chi connectivity index (χ1n) is 12.8. The Morgan fingerprint density at radius 3 is 2.66 bits per heavy atom. The minimum absolute atomic E-state index is 0.0614. The summed E-state index contributed by atoms with van der Waals surface area (Å²) in [5, 5.41) is 23.4. The molecule has 6 nitrogen and oxygen atoms in total. The minimum Gasteiger partial charge on any atom is -0.504 e. The number of hydrogen-bond acceptors (Lipinski definition) is 6. The second-order valence-electron chi connectivity index (χ2n) is 11.4. The number of Topliss-reactive ketones (excluding diaryl/α,β-unsaturated/α-hetero) is 1. The molecule has 182 valence electrons. The van der Waals surface area contributed by atoms with E-state index in [-0.39, 0.29) is 17.6 Å². The molecule has 0 amide bonds. The van der Waals surface area contributed by atoms with Gasteiger partial charge in [0.2, 0.25) is 0 Å². The zero-order valence-corrected chi connectivity index (χ0v) is 20.3. The number of anilines is 1. The summed E-state index contributed by atoms with van der Waals surface area (Å²) < 4.78 is 6.31. The number of ketones is 1. The van der Waals surface area contributed by atoms with E-state index in [1.54, 1.807) is 6.07 Å². The number of piperidine rings is 1. The van der Waals surface area contributed by atoms with Crippen LogP contribution in [0.2, 0.25) is 0 Å².